The van der Waals surface area contributed by atoms with Crippen LogP contribution in [0.3, 0.4) is 0 Å². The molecule has 1 fully saturated rings. The molecule has 1 aliphatic rings. The molecular formula is C21H22FN3O. The molecule has 2 heterocycles. The van der Waals surface area contributed by atoms with E-state index in [0.717, 1.165) is 48.1 Å². The van der Waals surface area contributed by atoms with Gasteiger partial charge in [-0.25, -0.2) is 9.37 Å². The molecule has 1 aromatic heterocycles. The molecule has 1 amide bonds. The molecule has 3 aromatic rings. The van der Waals surface area contributed by atoms with Gasteiger partial charge in [-0.3, -0.25) is 4.79 Å². The quantitative estimate of drug-likeness (QED) is 0.718. The third-order valence-electron chi connectivity index (χ3n) is 5.35. The standard InChI is InChI=1S/C21H22FN3O/c1-15-4-2-3-5-16(15)12-21(26)24-10-8-18(9-11-24)25-14-23-19-7-6-17(22)13-20(19)25/h2-7,13-14,18H,8-12H2,1H3. The molecule has 0 radical (unpaired) electrons. The first-order chi connectivity index (χ1) is 12.6. The van der Waals surface area contributed by atoms with E-state index in [-0.39, 0.29) is 17.8 Å². The zero-order chi connectivity index (χ0) is 18.1. The Balaban J connectivity index is 1.43. The van der Waals surface area contributed by atoms with Crippen LogP contribution in [0.5, 0.6) is 0 Å². The SMILES string of the molecule is Cc1ccccc1CC(=O)N1CCC(n2cnc3ccc(F)cc32)CC1. The van der Waals surface area contributed by atoms with Crippen LogP contribution in [0.1, 0.15) is 30.0 Å². The summed E-state index contributed by atoms with van der Waals surface area (Å²) in [7, 11) is 0. The van der Waals surface area contributed by atoms with E-state index >= 15 is 0 Å². The Morgan fingerprint density at radius 3 is 2.73 bits per heavy atom. The largest absolute Gasteiger partial charge is 0.342 e. The van der Waals surface area contributed by atoms with Crippen molar-refractivity contribution in [2.24, 2.45) is 0 Å². The van der Waals surface area contributed by atoms with Gasteiger partial charge in [0.05, 0.1) is 23.8 Å². The van der Waals surface area contributed by atoms with E-state index < -0.39 is 0 Å². The highest BCUT2D eigenvalue weighted by Gasteiger charge is 2.25. The first-order valence-electron chi connectivity index (χ1n) is 9.06. The first-order valence-corrected chi connectivity index (χ1v) is 9.06. The minimum Gasteiger partial charge on any atom is -0.342 e. The van der Waals surface area contributed by atoms with E-state index in [1.807, 2.05) is 36.1 Å². The molecule has 0 aliphatic carbocycles. The van der Waals surface area contributed by atoms with Crippen LogP contribution in [0.4, 0.5) is 4.39 Å². The van der Waals surface area contributed by atoms with Gasteiger partial charge < -0.3 is 9.47 Å². The lowest BCUT2D eigenvalue weighted by Gasteiger charge is -2.33. The fourth-order valence-electron chi connectivity index (χ4n) is 3.77. The van der Waals surface area contributed by atoms with Crippen LogP contribution < -0.4 is 0 Å². The number of carbonyl (C=O) groups excluding carboxylic acids is 1. The summed E-state index contributed by atoms with van der Waals surface area (Å²) in [4.78, 5) is 18.9. The van der Waals surface area contributed by atoms with Crippen LogP contribution in [0, 0.1) is 12.7 Å². The van der Waals surface area contributed by atoms with Crippen LogP contribution in [0.25, 0.3) is 11.0 Å². The van der Waals surface area contributed by atoms with Crippen molar-refractivity contribution >= 4 is 16.9 Å². The van der Waals surface area contributed by atoms with E-state index in [9.17, 15) is 9.18 Å². The molecule has 1 saturated heterocycles. The minimum absolute atomic E-state index is 0.180. The zero-order valence-electron chi connectivity index (χ0n) is 14.9. The molecule has 0 unspecified atom stereocenters. The van der Waals surface area contributed by atoms with E-state index in [2.05, 4.69) is 9.55 Å². The number of amides is 1. The van der Waals surface area contributed by atoms with Gasteiger partial charge in [0.25, 0.3) is 0 Å². The lowest BCUT2D eigenvalue weighted by atomic mass is 10.0. The Morgan fingerprint density at radius 1 is 1.19 bits per heavy atom. The topological polar surface area (TPSA) is 38.1 Å². The predicted octanol–water partition coefficient (Wildman–Crippen LogP) is 3.89. The van der Waals surface area contributed by atoms with Crippen molar-refractivity contribution in [2.75, 3.05) is 13.1 Å². The van der Waals surface area contributed by atoms with Crippen LogP contribution in [-0.2, 0) is 11.2 Å². The fraction of sp³-hybridized carbons (Fsp3) is 0.333. The average Bonchev–Trinajstić information content (AvgIpc) is 3.06. The molecule has 5 heteroatoms. The second-order valence-electron chi connectivity index (χ2n) is 7.00. The number of fused-ring (bicyclic) bond motifs is 1. The number of nitrogens with zero attached hydrogens (tertiary/aromatic N) is 3. The molecule has 4 nitrogen and oxygen atoms in total. The summed E-state index contributed by atoms with van der Waals surface area (Å²) in [6, 6.07) is 13.0. The second kappa shape index (κ2) is 6.90. The highest BCUT2D eigenvalue weighted by atomic mass is 19.1. The van der Waals surface area contributed by atoms with Crippen molar-refractivity contribution < 1.29 is 9.18 Å². The molecule has 26 heavy (non-hydrogen) atoms. The summed E-state index contributed by atoms with van der Waals surface area (Å²) in [5, 5.41) is 0. The van der Waals surface area contributed by atoms with Gasteiger partial charge in [0.15, 0.2) is 0 Å². The number of benzene rings is 2. The Bertz CT molecular complexity index is 941. The maximum atomic E-state index is 13.6. The van der Waals surface area contributed by atoms with Crippen LogP contribution in [-0.4, -0.2) is 33.4 Å². The molecule has 134 valence electrons. The summed E-state index contributed by atoms with van der Waals surface area (Å²) < 4.78 is 15.6. The molecule has 0 N–H and O–H groups in total. The maximum Gasteiger partial charge on any atom is 0.227 e. The predicted molar refractivity (Wildman–Crippen MR) is 99.4 cm³/mol. The van der Waals surface area contributed by atoms with Crippen molar-refractivity contribution in [1.82, 2.24) is 14.5 Å². The first kappa shape index (κ1) is 16.8. The number of imidazole rings is 1. The van der Waals surface area contributed by atoms with Crippen molar-refractivity contribution in [3.05, 3.63) is 65.7 Å². The van der Waals surface area contributed by atoms with Crippen molar-refractivity contribution in [1.29, 1.82) is 0 Å². The van der Waals surface area contributed by atoms with Gasteiger partial charge in [0.1, 0.15) is 5.82 Å². The summed E-state index contributed by atoms with van der Waals surface area (Å²) in [5.74, 6) is -0.0654. The fourth-order valence-corrected chi connectivity index (χ4v) is 3.77. The summed E-state index contributed by atoms with van der Waals surface area (Å²) in [5.41, 5.74) is 3.89. The molecule has 0 spiro atoms. The molecule has 2 aromatic carbocycles. The van der Waals surface area contributed by atoms with Crippen LogP contribution in [0.15, 0.2) is 48.8 Å². The van der Waals surface area contributed by atoms with E-state index in [0.29, 0.717) is 6.42 Å². The molecular weight excluding hydrogens is 329 g/mol. The number of halogens is 1. The van der Waals surface area contributed by atoms with Gasteiger partial charge in [-0.2, -0.15) is 0 Å². The van der Waals surface area contributed by atoms with Gasteiger partial charge >= 0.3 is 0 Å². The monoisotopic (exact) mass is 351 g/mol. The van der Waals surface area contributed by atoms with Gasteiger partial charge in [0, 0.05) is 19.1 Å². The van der Waals surface area contributed by atoms with Gasteiger partial charge in [-0.05, 0) is 49.1 Å². The minimum atomic E-state index is -0.245. The summed E-state index contributed by atoms with van der Waals surface area (Å²) >= 11 is 0. The average molecular weight is 351 g/mol. The lowest BCUT2D eigenvalue weighted by Crippen LogP contribution is -2.39. The molecule has 0 saturated carbocycles. The van der Waals surface area contributed by atoms with Crippen molar-refractivity contribution in [3.63, 3.8) is 0 Å². The Hall–Kier alpha value is -2.69. The van der Waals surface area contributed by atoms with E-state index in [1.165, 1.54) is 12.1 Å². The number of aryl methyl sites for hydroxylation is 1. The molecule has 1 aliphatic heterocycles. The van der Waals surface area contributed by atoms with Crippen molar-refractivity contribution in [3.8, 4) is 0 Å². The lowest BCUT2D eigenvalue weighted by molar-refractivity contribution is -0.131. The summed E-state index contributed by atoms with van der Waals surface area (Å²) in [6.07, 6.45) is 3.97. The number of aromatic nitrogens is 2. The summed E-state index contributed by atoms with van der Waals surface area (Å²) in [6.45, 7) is 3.49. The Kier molecular flexibility index (Phi) is 4.45. The molecule has 0 bridgehead atoms. The number of rotatable bonds is 3. The smallest absolute Gasteiger partial charge is 0.227 e. The number of carbonyl (C=O) groups is 1. The van der Waals surface area contributed by atoms with Crippen LogP contribution >= 0.6 is 0 Å². The Morgan fingerprint density at radius 2 is 1.96 bits per heavy atom. The second-order valence-corrected chi connectivity index (χ2v) is 7.00. The highest BCUT2D eigenvalue weighted by molar-refractivity contribution is 5.79. The Labute approximate surface area is 152 Å². The molecule has 0 atom stereocenters. The number of likely N-dealkylation sites (tertiary alicyclic amines) is 1. The van der Waals surface area contributed by atoms with E-state index in [1.54, 1.807) is 12.4 Å². The maximum absolute atomic E-state index is 13.6. The highest BCUT2D eigenvalue weighted by Crippen LogP contribution is 2.27. The van der Waals surface area contributed by atoms with Gasteiger partial charge in [0.2, 0.25) is 5.91 Å². The van der Waals surface area contributed by atoms with Crippen molar-refractivity contribution in [2.45, 2.75) is 32.2 Å². The van der Waals surface area contributed by atoms with E-state index in [4.69, 9.17) is 0 Å². The van der Waals surface area contributed by atoms with Gasteiger partial charge in [-0.1, -0.05) is 24.3 Å². The molecule has 4 rings (SSSR count). The third-order valence-corrected chi connectivity index (χ3v) is 5.35. The van der Waals surface area contributed by atoms with Gasteiger partial charge in [-0.15, -0.1) is 0 Å². The number of piperidine rings is 1. The number of hydrogen-bond acceptors (Lipinski definition) is 2. The third kappa shape index (κ3) is 3.21. The normalized spacial score (nSPS) is 15.5. The van der Waals surface area contributed by atoms with Crippen LogP contribution in [0.2, 0.25) is 0 Å². The number of hydrogen-bond donors (Lipinski definition) is 0. The zero-order valence-corrected chi connectivity index (χ0v) is 14.9.